The first-order chi connectivity index (χ1) is 9.18. The number of carboxylic acid groups (broad SMARTS) is 1. The number of nitrogens with zero attached hydrogens (tertiary/aromatic N) is 2. The van der Waals surface area contributed by atoms with E-state index in [1.54, 1.807) is 13.8 Å². The number of rotatable bonds is 7. The Labute approximate surface area is 120 Å². The maximum atomic E-state index is 12.6. The molecule has 1 unspecified atom stereocenters. The minimum absolute atomic E-state index is 0.123. The van der Waals surface area contributed by atoms with Crippen LogP contribution in [0.15, 0.2) is 25.3 Å². The Hall–Kier alpha value is -1.18. The van der Waals surface area contributed by atoms with Gasteiger partial charge < -0.3 is 5.11 Å². The Morgan fingerprint density at radius 2 is 1.90 bits per heavy atom. The standard InChI is InChI=1S/C13H22N2O4S/c1-5-8-14(9-6-2)20(18,19)15-10-7-13(3,4)11(15)12(16)17/h5-6,11H,1-2,7-10H2,3-4H3,(H,16,17). The lowest BCUT2D eigenvalue weighted by molar-refractivity contribution is -0.143. The van der Waals surface area contributed by atoms with Crippen LogP contribution >= 0.6 is 0 Å². The number of hydrogen-bond acceptors (Lipinski definition) is 3. The average Bonchev–Trinajstić information content (AvgIpc) is 2.65. The van der Waals surface area contributed by atoms with Crippen molar-refractivity contribution in [1.29, 1.82) is 0 Å². The second-order valence-corrected chi connectivity index (χ2v) is 7.37. The minimum atomic E-state index is -3.85. The van der Waals surface area contributed by atoms with Crippen LogP contribution in [0, 0.1) is 5.41 Å². The highest BCUT2D eigenvalue weighted by Gasteiger charge is 2.51. The van der Waals surface area contributed by atoms with Crippen LogP contribution in [0.3, 0.4) is 0 Å². The summed E-state index contributed by atoms with van der Waals surface area (Å²) in [5.74, 6) is -1.12. The largest absolute Gasteiger partial charge is 0.480 e. The van der Waals surface area contributed by atoms with E-state index in [1.165, 1.54) is 16.5 Å². The molecule has 0 aromatic rings. The molecule has 1 saturated heterocycles. The summed E-state index contributed by atoms with van der Waals surface area (Å²) in [6.45, 7) is 11.1. The van der Waals surface area contributed by atoms with Crippen molar-refractivity contribution in [3.8, 4) is 0 Å². The maximum Gasteiger partial charge on any atom is 0.322 e. The van der Waals surface area contributed by atoms with Gasteiger partial charge in [-0.2, -0.15) is 17.0 Å². The minimum Gasteiger partial charge on any atom is -0.480 e. The van der Waals surface area contributed by atoms with Crippen molar-refractivity contribution in [2.75, 3.05) is 19.6 Å². The molecule has 0 spiro atoms. The highest BCUT2D eigenvalue weighted by Crippen LogP contribution is 2.38. The molecule has 6 nitrogen and oxygen atoms in total. The summed E-state index contributed by atoms with van der Waals surface area (Å²) in [5.41, 5.74) is -0.590. The topological polar surface area (TPSA) is 77.9 Å². The highest BCUT2D eigenvalue weighted by atomic mass is 32.2. The molecule has 1 aliphatic rings. The summed E-state index contributed by atoms with van der Waals surface area (Å²) in [4.78, 5) is 11.4. The van der Waals surface area contributed by atoms with Crippen LogP contribution in [0.5, 0.6) is 0 Å². The summed E-state index contributed by atoms with van der Waals surface area (Å²) in [6, 6.07) is -1.05. The van der Waals surface area contributed by atoms with E-state index in [0.29, 0.717) is 6.42 Å². The van der Waals surface area contributed by atoms with E-state index < -0.39 is 27.6 Å². The van der Waals surface area contributed by atoms with E-state index >= 15 is 0 Å². The van der Waals surface area contributed by atoms with Gasteiger partial charge in [0, 0.05) is 19.6 Å². The Morgan fingerprint density at radius 3 is 2.30 bits per heavy atom. The third kappa shape index (κ3) is 3.11. The van der Waals surface area contributed by atoms with Gasteiger partial charge in [0.2, 0.25) is 0 Å². The van der Waals surface area contributed by atoms with Crippen molar-refractivity contribution in [3.05, 3.63) is 25.3 Å². The molecule has 1 aliphatic heterocycles. The van der Waals surface area contributed by atoms with E-state index in [-0.39, 0.29) is 19.6 Å². The van der Waals surface area contributed by atoms with Crippen LogP contribution in [0.1, 0.15) is 20.3 Å². The van der Waals surface area contributed by atoms with Gasteiger partial charge >= 0.3 is 5.97 Å². The van der Waals surface area contributed by atoms with Gasteiger partial charge in [0.1, 0.15) is 6.04 Å². The van der Waals surface area contributed by atoms with Crippen molar-refractivity contribution in [3.63, 3.8) is 0 Å². The van der Waals surface area contributed by atoms with Crippen LogP contribution in [0.2, 0.25) is 0 Å². The van der Waals surface area contributed by atoms with Crippen molar-refractivity contribution < 1.29 is 18.3 Å². The molecule has 0 saturated carbocycles. The molecule has 0 amide bonds. The van der Waals surface area contributed by atoms with Crippen LogP contribution in [0.4, 0.5) is 0 Å². The average molecular weight is 302 g/mol. The van der Waals surface area contributed by atoms with Gasteiger partial charge in [0.25, 0.3) is 10.2 Å². The maximum absolute atomic E-state index is 12.6. The molecule has 114 valence electrons. The number of hydrogen-bond donors (Lipinski definition) is 1. The molecule has 7 heteroatoms. The lowest BCUT2D eigenvalue weighted by Gasteiger charge is -2.31. The van der Waals surface area contributed by atoms with Gasteiger partial charge in [-0.05, 0) is 11.8 Å². The zero-order valence-corrected chi connectivity index (χ0v) is 12.8. The lowest BCUT2D eigenvalue weighted by Crippen LogP contribution is -2.51. The summed E-state index contributed by atoms with van der Waals surface area (Å²) in [5, 5.41) is 9.36. The zero-order valence-electron chi connectivity index (χ0n) is 11.9. The van der Waals surface area contributed by atoms with Gasteiger partial charge in [0.05, 0.1) is 0 Å². The van der Waals surface area contributed by atoms with Crippen LogP contribution < -0.4 is 0 Å². The number of carboxylic acids is 1. The zero-order chi connectivity index (χ0) is 15.6. The molecular weight excluding hydrogens is 280 g/mol. The fourth-order valence-corrected chi connectivity index (χ4v) is 4.31. The normalized spacial score (nSPS) is 22.9. The molecule has 1 atom stereocenters. The first kappa shape index (κ1) is 16.9. The Kier molecular flexibility index (Phi) is 5.12. The van der Waals surface area contributed by atoms with Gasteiger partial charge in [-0.25, -0.2) is 0 Å². The number of aliphatic carboxylic acids is 1. The summed E-state index contributed by atoms with van der Waals surface area (Å²) < 4.78 is 27.5. The second-order valence-electron chi connectivity index (χ2n) is 5.49. The van der Waals surface area contributed by atoms with E-state index in [2.05, 4.69) is 13.2 Å². The number of carbonyl (C=O) groups is 1. The molecule has 0 aromatic carbocycles. The fraction of sp³-hybridized carbons (Fsp3) is 0.615. The predicted molar refractivity (Wildman–Crippen MR) is 77.4 cm³/mol. The van der Waals surface area contributed by atoms with Crippen LogP contribution in [-0.4, -0.2) is 53.8 Å². The molecule has 20 heavy (non-hydrogen) atoms. The summed E-state index contributed by atoms with van der Waals surface area (Å²) >= 11 is 0. The third-order valence-electron chi connectivity index (χ3n) is 3.53. The summed E-state index contributed by atoms with van der Waals surface area (Å²) in [6.07, 6.45) is 3.45. The Morgan fingerprint density at radius 1 is 1.40 bits per heavy atom. The Bertz CT molecular complexity index is 489. The smallest absolute Gasteiger partial charge is 0.322 e. The molecule has 1 rings (SSSR count). The molecule has 1 heterocycles. The van der Waals surface area contributed by atoms with E-state index in [1.807, 2.05) is 0 Å². The van der Waals surface area contributed by atoms with E-state index in [0.717, 1.165) is 4.31 Å². The first-order valence-corrected chi connectivity index (χ1v) is 7.79. The fourth-order valence-electron chi connectivity index (χ4n) is 2.46. The van der Waals surface area contributed by atoms with Crippen molar-refractivity contribution in [2.24, 2.45) is 5.41 Å². The summed E-state index contributed by atoms with van der Waals surface area (Å²) in [7, 11) is -3.85. The second kappa shape index (κ2) is 6.07. The molecule has 0 radical (unpaired) electrons. The highest BCUT2D eigenvalue weighted by molar-refractivity contribution is 7.86. The molecule has 0 bridgehead atoms. The third-order valence-corrected chi connectivity index (χ3v) is 5.46. The van der Waals surface area contributed by atoms with Crippen molar-refractivity contribution in [1.82, 2.24) is 8.61 Å². The molecule has 1 fully saturated rings. The Balaban J connectivity index is 3.16. The van der Waals surface area contributed by atoms with Gasteiger partial charge in [0.15, 0.2) is 0 Å². The quantitative estimate of drug-likeness (QED) is 0.714. The molecule has 0 aliphatic carbocycles. The molecule has 0 aromatic heterocycles. The van der Waals surface area contributed by atoms with Crippen LogP contribution in [-0.2, 0) is 15.0 Å². The lowest BCUT2D eigenvalue weighted by atomic mass is 9.85. The molecule has 1 N–H and O–H groups in total. The predicted octanol–water partition coefficient (Wildman–Crippen LogP) is 1.09. The van der Waals surface area contributed by atoms with Gasteiger partial charge in [-0.1, -0.05) is 26.0 Å². The van der Waals surface area contributed by atoms with Gasteiger partial charge in [-0.3, -0.25) is 4.79 Å². The van der Waals surface area contributed by atoms with Crippen LogP contribution in [0.25, 0.3) is 0 Å². The monoisotopic (exact) mass is 302 g/mol. The van der Waals surface area contributed by atoms with Crippen molar-refractivity contribution >= 4 is 16.2 Å². The van der Waals surface area contributed by atoms with Crippen molar-refractivity contribution in [2.45, 2.75) is 26.3 Å². The van der Waals surface area contributed by atoms with E-state index in [9.17, 15) is 18.3 Å². The SMILES string of the molecule is C=CCN(CC=C)S(=O)(=O)N1CCC(C)(C)C1C(=O)O. The first-order valence-electron chi connectivity index (χ1n) is 6.40. The molecular formula is C13H22N2O4S. The van der Waals surface area contributed by atoms with E-state index in [4.69, 9.17) is 0 Å². The van der Waals surface area contributed by atoms with Gasteiger partial charge in [-0.15, -0.1) is 13.2 Å².